The molecule has 1 fully saturated rings. The van der Waals surface area contributed by atoms with Crippen LogP contribution in [0, 0.1) is 5.92 Å². The van der Waals surface area contributed by atoms with Crippen molar-refractivity contribution in [1.29, 1.82) is 0 Å². The van der Waals surface area contributed by atoms with Gasteiger partial charge in [-0.3, -0.25) is 4.79 Å². The second-order valence-corrected chi connectivity index (χ2v) is 6.00. The van der Waals surface area contributed by atoms with Crippen LogP contribution in [0.3, 0.4) is 0 Å². The number of halogens is 1. The van der Waals surface area contributed by atoms with Crippen LogP contribution in [0.25, 0.3) is 0 Å². The highest BCUT2D eigenvalue weighted by Gasteiger charge is 2.22. The molecule has 1 aromatic heterocycles. The number of hydrogen-bond donors (Lipinski definition) is 2. The Balaban J connectivity index is 0.00000200. The van der Waals surface area contributed by atoms with E-state index in [0.717, 1.165) is 43.8 Å². The van der Waals surface area contributed by atoms with Gasteiger partial charge in [0.05, 0.1) is 5.92 Å². The molecule has 1 aliphatic rings. The predicted octanol–water partition coefficient (Wildman–Crippen LogP) is 2.80. The first-order chi connectivity index (χ1) is 9.24. The molecule has 7 heteroatoms. The molecular weight excluding hydrogens is 296 g/mol. The van der Waals surface area contributed by atoms with Gasteiger partial charge < -0.3 is 10.6 Å². The lowest BCUT2D eigenvalue weighted by Crippen LogP contribution is -2.37. The number of piperidine rings is 1. The van der Waals surface area contributed by atoms with E-state index in [1.54, 1.807) is 0 Å². The van der Waals surface area contributed by atoms with Crippen molar-refractivity contribution >= 4 is 34.8 Å². The van der Waals surface area contributed by atoms with Gasteiger partial charge in [-0.1, -0.05) is 25.2 Å². The second-order valence-electron chi connectivity index (χ2n) is 4.99. The summed E-state index contributed by atoms with van der Waals surface area (Å²) in [6.07, 6.45) is 4.14. The van der Waals surface area contributed by atoms with Crippen LogP contribution in [0.5, 0.6) is 0 Å². The normalized spacial score (nSPS) is 18.6. The van der Waals surface area contributed by atoms with Crippen molar-refractivity contribution in [3.8, 4) is 0 Å². The van der Waals surface area contributed by atoms with Crippen molar-refractivity contribution < 1.29 is 4.79 Å². The molecule has 0 aromatic carbocycles. The maximum atomic E-state index is 12.1. The molecule has 0 spiro atoms. The minimum atomic E-state index is 0. The molecule has 20 heavy (non-hydrogen) atoms. The SMILES string of the molecule is CCC(CC)c1nnc(NC(=O)C2CCCNC2)s1.Cl. The van der Waals surface area contributed by atoms with Crippen LogP contribution in [0.2, 0.25) is 0 Å². The number of aromatic nitrogens is 2. The minimum absolute atomic E-state index is 0. The summed E-state index contributed by atoms with van der Waals surface area (Å²) in [4.78, 5) is 12.1. The molecule has 114 valence electrons. The first kappa shape index (κ1) is 17.3. The summed E-state index contributed by atoms with van der Waals surface area (Å²) in [5.41, 5.74) is 0. The first-order valence-corrected chi connectivity index (χ1v) is 7.91. The molecule has 1 amide bonds. The van der Waals surface area contributed by atoms with Crippen molar-refractivity contribution in [2.75, 3.05) is 18.4 Å². The van der Waals surface area contributed by atoms with Gasteiger partial charge in [0.2, 0.25) is 11.0 Å². The fourth-order valence-electron chi connectivity index (χ4n) is 2.37. The molecule has 1 aromatic rings. The van der Waals surface area contributed by atoms with Gasteiger partial charge in [-0.2, -0.15) is 0 Å². The Morgan fingerprint density at radius 1 is 1.45 bits per heavy atom. The molecule has 2 N–H and O–H groups in total. The molecule has 0 aliphatic carbocycles. The number of amides is 1. The number of carbonyl (C=O) groups is 1. The third-order valence-corrected chi connectivity index (χ3v) is 4.67. The van der Waals surface area contributed by atoms with Crippen LogP contribution in [-0.4, -0.2) is 29.2 Å². The Hall–Kier alpha value is -0.720. The molecule has 2 rings (SSSR count). The lowest BCUT2D eigenvalue weighted by molar-refractivity contribution is -0.120. The fourth-order valence-corrected chi connectivity index (χ4v) is 3.38. The predicted molar refractivity (Wildman–Crippen MR) is 84.7 cm³/mol. The van der Waals surface area contributed by atoms with Crippen molar-refractivity contribution in [1.82, 2.24) is 15.5 Å². The van der Waals surface area contributed by atoms with Crippen LogP contribution < -0.4 is 10.6 Å². The number of rotatable bonds is 5. The first-order valence-electron chi connectivity index (χ1n) is 7.09. The summed E-state index contributed by atoms with van der Waals surface area (Å²) in [5.74, 6) is 0.591. The molecule has 0 saturated carbocycles. The Bertz CT molecular complexity index is 416. The molecule has 2 heterocycles. The topological polar surface area (TPSA) is 66.9 Å². The molecule has 1 unspecified atom stereocenters. The Morgan fingerprint density at radius 2 is 2.20 bits per heavy atom. The van der Waals surface area contributed by atoms with Gasteiger partial charge in [0.15, 0.2) is 0 Å². The van der Waals surface area contributed by atoms with E-state index in [1.165, 1.54) is 11.3 Å². The van der Waals surface area contributed by atoms with Gasteiger partial charge in [-0.05, 0) is 32.2 Å². The van der Waals surface area contributed by atoms with Crippen molar-refractivity contribution in [3.05, 3.63) is 5.01 Å². The Kier molecular flexibility index (Phi) is 7.40. The zero-order valence-electron chi connectivity index (χ0n) is 12.0. The van der Waals surface area contributed by atoms with Gasteiger partial charge in [-0.25, -0.2) is 0 Å². The highest BCUT2D eigenvalue weighted by Crippen LogP contribution is 2.28. The smallest absolute Gasteiger partial charge is 0.230 e. The van der Waals surface area contributed by atoms with Crippen molar-refractivity contribution in [3.63, 3.8) is 0 Å². The lowest BCUT2D eigenvalue weighted by Gasteiger charge is -2.21. The summed E-state index contributed by atoms with van der Waals surface area (Å²) in [6, 6.07) is 0. The van der Waals surface area contributed by atoms with Gasteiger partial charge in [0.25, 0.3) is 0 Å². The average Bonchev–Trinajstić information content (AvgIpc) is 2.89. The second kappa shape index (κ2) is 8.54. The third-order valence-electron chi connectivity index (χ3n) is 3.67. The third kappa shape index (κ3) is 4.40. The molecule has 1 aliphatic heterocycles. The Morgan fingerprint density at radius 3 is 2.80 bits per heavy atom. The van der Waals surface area contributed by atoms with E-state index in [-0.39, 0.29) is 24.2 Å². The monoisotopic (exact) mass is 318 g/mol. The van der Waals surface area contributed by atoms with Crippen LogP contribution in [0.15, 0.2) is 0 Å². The van der Waals surface area contributed by atoms with Crippen molar-refractivity contribution in [2.24, 2.45) is 5.92 Å². The van der Waals surface area contributed by atoms with Crippen molar-refractivity contribution in [2.45, 2.75) is 45.4 Å². The number of anilines is 1. The molecular formula is C13H23ClN4OS. The molecule has 0 radical (unpaired) electrons. The summed E-state index contributed by atoms with van der Waals surface area (Å²) in [7, 11) is 0. The van der Waals surface area contributed by atoms with Gasteiger partial charge in [0.1, 0.15) is 5.01 Å². The average molecular weight is 319 g/mol. The maximum absolute atomic E-state index is 12.1. The summed E-state index contributed by atoms with van der Waals surface area (Å²) in [6.45, 7) is 6.09. The maximum Gasteiger partial charge on any atom is 0.230 e. The number of carbonyl (C=O) groups excluding carboxylic acids is 1. The van der Waals surface area contributed by atoms with Gasteiger partial charge in [0, 0.05) is 12.5 Å². The highest BCUT2D eigenvalue weighted by molar-refractivity contribution is 7.15. The highest BCUT2D eigenvalue weighted by atomic mass is 35.5. The van der Waals surface area contributed by atoms with Crippen LogP contribution in [-0.2, 0) is 4.79 Å². The van der Waals surface area contributed by atoms with Crippen LogP contribution in [0.1, 0.15) is 50.5 Å². The van der Waals surface area contributed by atoms with E-state index < -0.39 is 0 Å². The van der Waals surface area contributed by atoms with Crippen LogP contribution in [0.4, 0.5) is 5.13 Å². The van der Waals surface area contributed by atoms with E-state index in [2.05, 4.69) is 34.7 Å². The van der Waals surface area contributed by atoms with Gasteiger partial charge >= 0.3 is 0 Å². The zero-order valence-corrected chi connectivity index (χ0v) is 13.6. The van der Waals surface area contributed by atoms with E-state index in [9.17, 15) is 4.79 Å². The fraction of sp³-hybridized carbons (Fsp3) is 0.769. The number of nitrogens with one attached hydrogen (secondary N) is 2. The van der Waals surface area contributed by atoms with E-state index in [0.29, 0.717) is 11.0 Å². The Labute approximate surface area is 130 Å². The van der Waals surface area contributed by atoms with E-state index in [4.69, 9.17) is 0 Å². The summed E-state index contributed by atoms with van der Waals surface area (Å²) in [5, 5.41) is 16.1. The quantitative estimate of drug-likeness (QED) is 0.876. The number of nitrogens with zero attached hydrogens (tertiary/aromatic N) is 2. The zero-order chi connectivity index (χ0) is 13.7. The van der Waals surface area contributed by atoms with E-state index >= 15 is 0 Å². The molecule has 0 bridgehead atoms. The summed E-state index contributed by atoms with van der Waals surface area (Å²) >= 11 is 1.51. The molecule has 1 atom stereocenters. The minimum Gasteiger partial charge on any atom is -0.316 e. The van der Waals surface area contributed by atoms with E-state index in [1.807, 2.05) is 0 Å². The standard InChI is InChI=1S/C13H22N4OS.ClH/c1-3-9(4-2)12-16-17-13(19-12)15-11(18)10-6-5-7-14-8-10;/h9-10,14H,3-8H2,1-2H3,(H,15,17,18);1H. The van der Waals surface area contributed by atoms with Gasteiger partial charge in [-0.15, -0.1) is 22.6 Å². The summed E-state index contributed by atoms with van der Waals surface area (Å²) < 4.78 is 0. The molecule has 1 saturated heterocycles. The number of hydrogen-bond acceptors (Lipinski definition) is 5. The van der Waals surface area contributed by atoms with Crippen LogP contribution >= 0.6 is 23.7 Å². The lowest BCUT2D eigenvalue weighted by atomic mass is 9.99. The molecule has 5 nitrogen and oxygen atoms in total. The largest absolute Gasteiger partial charge is 0.316 e.